The zero-order valence-corrected chi connectivity index (χ0v) is 12.0. The van der Waals surface area contributed by atoms with Gasteiger partial charge < -0.3 is 0 Å². The van der Waals surface area contributed by atoms with Crippen molar-refractivity contribution in [3.05, 3.63) is 83.5 Å². The van der Waals surface area contributed by atoms with Gasteiger partial charge >= 0.3 is 0 Å². The van der Waals surface area contributed by atoms with Gasteiger partial charge in [-0.2, -0.15) is 0 Å². The second kappa shape index (κ2) is 4.75. The maximum Gasteiger partial charge on any atom is -0.00963 e. The van der Waals surface area contributed by atoms with Crippen molar-refractivity contribution in [1.82, 2.24) is 0 Å². The highest BCUT2D eigenvalue weighted by Crippen LogP contribution is 2.35. The van der Waals surface area contributed by atoms with Gasteiger partial charge in [0, 0.05) is 0 Å². The van der Waals surface area contributed by atoms with E-state index in [-0.39, 0.29) is 0 Å². The van der Waals surface area contributed by atoms with E-state index in [1.165, 1.54) is 38.2 Å². The van der Waals surface area contributed by atoms with Crippen molar-refractivity contribution in [1.29, 1.82) is 0 Å². The Balaban J connectivity index is 2.29. The van der Waals surface area contributed by atoms with Crippen LogP contribution >= 0.6 is 0 Å². The second-order valence-electron chi connectivity index (χ2n) is 5.53. The maximum absolute atomic E-state index is 2.30. The molecule has 0 radical (unpaired) electrons. The third kappa shape index (κ3) is 1.92. The van der Waals surface area contributed by atoms with Crippen molar-refractivity contribution < 1.29 is 0 Å². The van der Waals surface area contributed by atoms with Gasteiger partial charge in [0.2, 0.25) is 0 Å². The molecule has 0 spiro atoms. The van der Waals surface area contributed by atoms with Crippen molar-refractivity contribution in [2.75, 3.05) is 0 Å². The Bertz CT molecular complexity index is 937. The van der Waals surface area contributed by atoms with Gasteiger partial charge in [-0.1, -0.05) is 84.5 Å². The molecule has 4 rings (SSSR count). The first-order valence-corrected chi connectivity index (χ1v) is 7.31. The zero-order valence-electron chi connectivity index (χ0n) is 12.0. The van der Waals surface area contributed by atoms with Crippen molar-refractivity contribution in [3.8, 4) is 0 Å². The molecule has 0 saturated carbocycles. The molecule has 0 bridgehead atoms. The number of hydrogen-bond acceptors (Lipinski definition) is 0. The molecule has 3 aromatic rings. The summed E-state index contributed by atoms with van der Waals surface area (Å²) >= 11 is 0. The minimum absolute atomic E-state index is 1.28. The fourth-order valence-corrected chi connectivity index (χ4v) is 3.17. The first-order valence-electron chi connectivity index (χ1n) is 7.31. The topological polar surface area (TPSA) is 0 Å². The first-order chi connectivity index (χ1) is 10.3. The van der Waals surface area contributed by atoms with Crippen molar-refractivity contribution in [3.63, 3.8) is 0 Å². The third-order valence-electron chi connectivity index (χ3n) is 4.12. The van der Waals surface area contributed by atoms with Crippen LogP contribution in [0.2, 0.25) is 0 Å². The van der Waals surface area contributed by atoms with Crippen LogP contribution in [-0.2, 0) is 0 Å². The van der Waals surface area contributed by atoms with Crippen LogP contribution in [0.25, 0.3) is 33.7 Å². The molecule has 100 valence electrons. The lowest BCUT2D eigenvalue weighted by atomic mass is 9.90. The van der Waals surface area contributed by atoms with E-state index in [4.69, 9.17) is 0 Å². The van der Waals surface area contributed by atoms with Gasteiger partial charge in [-0.05, 0) is 39.6 Å². The highest BCUT2D eigenvalue weighted by Gasteiger charge is 2.11. The summed E-state index contributed by atoms with van der Waals surface area (Å²) in [6.07, 6.45) is 10.9. The summed E-state index contributed by atoms with van der Waals surface area (Å²) in [7, 11) is 0. The number of rotatable bonds is 0. The van der Waals surface area contributed by atoms with Gasteiger partial charge in [-0.25, -0.2) is 0 Å². The number of allylic oxidation sites excluding steroid dienone is 4. The second-order valence-corrected chi connectivity index (χ2v) is 5.53. The predicted molar refractivity (Wildman–Crippen MR) is 93.3 cm³/mol. The summed E-state index contributed by atoms with van der Waals surface area (Å²) in [5.41, 5.74) is 3.91. The van der Waals surface area contributed by atoms with E-state index in [1.807, 2.05) is 0 Å². The fourth-order valence-electron chi connectivity index (χ4n) is 3.17. The molecule has 0 aliphatic heterocycles. The van der Waals surface area contributed by atoms with Crippen LogP contribution in [0, 0.1) is 0 Å². The number of hydrogen-bond donors (Lipinski definition) is 0. The van der Waals surface area contributed by atoms with E-state index in [9.17, 15) is 0 Å². The molecule has 0 heterocycles. The van der Waals surface area contributed by atoms with E-state index < -0.39 is 0 Å². The quantitative estimate of drug-likeness (QED) is 0.440. The van der Waals surface area contributed by atoms with Gasteiger partial charge in [0.15, 0.2) is 0 Å². The molecule has 1 aliphatic carbocycles. The Morgan fingerprint density at radius 2 is 1.10 bits per heavy atom. The minimum atomic E-state index is 1.28. The van der Waals surface area contributed by atoms with Gasteiger partial charge in [0.05, 0.1) is 0 Å². The summed E-state index contributed by atoms with van der Waals surface area (Å²) in [4.78, 5) is 0. The largest absolute Gasteiger partial charge is 0.0620 e. The van der Waals surface area contributed by atoms with E-state index in [1.54, 1.807) is 0 Å². The van der Waals surface area contributed by atoms with E-state index in [0.29, 0.717) is 0 Å². The Morgan fingerprint density at radius 3 is 1.76 bits per heavy atom. The van der Waals surface area contributed by atoms with Gasteiger partial charge in [-0.15, -0.1) is 0 Å². The van der Waals surface area contributed by atoms with Crippen molar-refractivity contribution in [2.45, 2.75) is 6.92 Å². The van der Waals surface area contributed by atoms with Crippen LogP contribution in [0.5, 0.6) is 0 Å². The molecule has 0 heteroatoms. The standard InChI is InChI=1S/C21H16/c1-15-8-2-3-12-19-17-10-5-4-9-16(17)18-11-6-7-13-20(18)21(19)14-15/h2-14H,1H3. The summed E-state index contributed by atoms with van der Waals surface area (Å²) in [5, 5.41) is 5.30. The Morgan fingerprint density at radius 1 is 0.571 bits per heavy atom. The van der Waals surface area contributed by atoms with Gasteiger partial charge in [0.25, 0.3) is 0 Å². The monoisotopic (exact) mass is 268 g/mol. The number of benzene rings is 3. The van der Waals surface area contributed by atoms with Gasteiger partial charge in [-0.3, -0.25) is 0 Å². The Hall–Kier alpha value is -2.60. The van der Waals surface area contributed by atoms with Crippen molar-refractivity contribution >= 4 is 33.7 Å². The minimum Gasteiger partial charge on any atom is -0.0620 e. The maximum atomic E-state index is 2.30. The molecule has 0 atom stereocenters. The highest BCUT2D eigenvalue weighted by molar-refractivity contribution is 6.15. The molecule has 0 unspecified atom stereocenters. The number of fused-ring (bicyclic) bond motifs is 6. The Kier molecular flexibility index (Phi) is 2.75. The average molecular weight is 268 g/mol. The van der Waals surface area contributed by atoms with E-state index >= 15 is 0 Å². The molecule has 0 N–H and O–H groups in total. The van der Waals surface area contributed by atoms with E-state index in [0.717, 1.165) is 0 Å². The molecule has 0 fully saturated rings. The lowest BCUT2D eigenvalue weighted by molar-refractivity contribution is 1.54. The molecule has 1 aliphatic rings. The van der Waals surface area contributed by atoms with Gasteiger partial charge in [0.1, 0.15) is 0 Å². The SMILES string of the molecule is CC1=Cc2c(c3ccccc3c3ccccc23)C=CC=C1. The van der Waals surface area contributed by atoms with Crippen LogP contribution in [-0.4, -0.2) is 0 Å². The molecule has 21 heavy (non-hydrogen) atoms. The molecule has 3 aromatic carbocycles. The lowest BCUT2D eigenvalue weighted by Gasteiger charge is -2.14. The van der Waals surface area contributed by atoms with Crippen LogP contribution in [0.4, 0.5) is 0 Å². The third-order valence-corrected chi connectivity index (χ3v) is 4.12. The summed E-state index contributed by atoms with van der Waals surface area (Å²) in [6.45, 7) is 2.16. The molecule has 0 nitrogen and oxygen atoms in total. The van der Waals surface area contributed by atoms with Crippen LogP contribution in [0.15, 0.2) is 72.3 Å². The fraction of sp³-hybridized carbons (Fsp3) is 0.0476. The normalized spacial score (nSPS) is 13.9. The molecular formula is C21H16. The van der Waals surface area contributed by atoms with Crippen LogP contribution in [0.1, 0.15) is 18.1 Å². The lowest BCUT2D eigenvalue weighted by Crippen LogP contribution is -1.90. The zero-order chi connectivity index (χ0) is 14.2. The van der Waals surface area contributed by atoms with Crippen molar-refractivity contribution in [2.24, 2.45) is 0 Å². The van der Waals surface area contributed by atoms with E-state index in [2.05, 4.69) is 85.8 Å². The smallest absolute Gasteiger partial charge is 0.00963 e. The van der Waals surface area contributed by atoms with Crippen LogP contribution < -0.4 is 0 Å². The molecule has 0 amide bonds. The Labute approximate surface area is 124 Å². The first kappa shape index (κ1) is 12.2. The predicted octanol–water partition coefficient (Wildman–Crippen LogP) is 5.98. The molecular weight excluding hydrogens is 252 g/mol. The summed E-state index contributed by atoms with van der Waals surface area (Å²) in [5.74, 6) is 0. The highest BCUT2D eigenvalue weighted by atomic mass is 14.1. The summed E-state index contributed by atoms with van der Waals surface area (Å²) in [6, 6.07) is 17.4. The van der Waals surface area contributed by atoms with Crippen LogP contribution in [0.3, 0.4) is 0 Å². The summed E-state index contributed by atoms with van der Waals surface area (Å²) < 4.78 is 0. The molecule has 0 saturated heterocycles. The molecule has 0 aromatic heterocycles. The average Bonchev–Trinajstić information content (AvgIpc) is 2.51.